The molecule has 1 amide bonds. The van der Waals surface area contributed by atoms with Gasteiger partial charge in [-0.25, -0.2) is 5.43 Å². The number of hydrogen-bond acceptors (Lipinski definition) is 5. The summed E-state index contributed by atoms with van der Waals surface area (Å²) < 4.78 is 5.29. The Hall–Kier alpha value is -2.96. The molecule has 1 saturated heterocycles. The van der Waals surface area contributed by atoms with Crippen LogP contribution in [0, 0.1) is 0 Å². The van der Waals surface area contributed by atoms with E-state index in [-0.39, 0.29) is 5.91 Å². The van der Waals surface area contributed by atoms with Crippen LogP contribution in [0.4, 0.5) is 0 Å². The Morgan fingerprint density at radius 3 is 2.48 bits per heavy atom. The summed E-state index contributed by atoms with van der Waals surface area (Å²) in [5.74, 6) is 0.705. The van der Waals surface area contributed by atoms with Gasteiger partial charge in [0.25, 0.3) is 5.91 Å². The third-order valence-corrected chi connectivity index (χ3v) is 4.85. The van der Waals surface area contributed by atoms with E-state index in [1.807, 2.05) is 36.4 Å². The normalized spacial score (nSPS) is 15.8. The summed E-state index contributed by atoms with van der Waals surface area (Å²) in [6.45, 7) is 5.03. The molecule has 29 heavy (non-hydrogen) atoms. The number of benzene rings is 2. The molecule has 2 aromatic rings. The van der Waals surface area contributed by atoms with Crippen LogP contribution in [0.15, 0.2) is 65.8 Å². The molecular formula is C23H28N4O2. The molecule has 0 bridgehead atoms. The molecule has 2 aromatic carbocycles. The van der Waals surface area contributed by atoms with Crippen LogP contribution in [0.5, 0.6) is 5.75 Å². The monoisotopic (exact) mass is 392 g/mol. The molecule has 152 valence electrons. The van der Waals surface area contributed by atoms with Crippen molar-refractivity contribution in [1.82, 2.24) is 15.2 Å². The number of nitrogens with zero attached hydrogens (tertiary/aromatic N) is 3. The number of rotatable bonds is 8. The molecule has 6 heteroatoms. The van der Waals surface area contributed by atoms with E-state index in [0.29, 0.717) is 6.54 Å². The SMILES string of the molecule is COc1ccccc1/C=C/C=NNC(=O)CN1CCN(Cc2ccccc2)CC1. The summed E-state index contributed by atoms with van der Waals surface area (Å²) in [5.41, 5.74) is 4.88. The molecule has 0 saturated carbocycles. The summed E-state index contributed by atoms with van der Waals surface area (Å²) in [7, 11) is 1.64. The third kappa shape index (κ3) is 6.85. The number of carbonyl (C=O) groups is 1. The highest BCUT2D eigenvalue weighted by Crippen LogP contribution is 2.18. The highest BCUT2D eigenvalue weighted by molar-refractivity contribution is 5.82. The third-order valence-electron chi connectivity index (χ3n) is 4.85. The van der Waals surface area contributed by atoms with Gasteiger partial charge in [0, 0.05) is 44.5 Å². The molecule has 3 rings (SSSR count). The van der Waals surface area contributed by atoms with Crippen molar-refractivity contribution in [2.45, 2.75) is 6.54 Å². The largest absolute Gasteiger partial charge is 0.496 e. The van der Waals surface area contributed by atoms with Gasteiger partial charge in [-0.1, -0.05) is 48.5 Å². The van der Waals surface area contributed by atoms with Crippen LogP contribution < -0.4 is 10.2 Å². The maximum Gasteiger partial charge on any atom is 0.254 e. The average Bonchev–Trinajstić information content (AvgIpc) is 2.76. The molecule has 0 atom stereocenters. The summed E-state index contributed by atoms with van der Waals surface area (Å²) in [4.78, 5) is 16.7. The van der Waals surface area contributed by atoms with Gasteiger partial charge in [0.1, 0.15) is 5.75 Å². The van der Waals surface area contributed by atoms with E-state index in [1.165, 1.54) is 5.56 Å². The van der Waals surface area contributed by atoms with Gasteiger partial charge in [-0.15, -0.1) is 0 Å². The first-order valence-electron chi connectivity index (χ1n) is 9.85. The van der Waals surface area contributed by atoms with Crippen molar-refractivity contribution in [3.63, 3.8) is 0 Å². The Morgan fingerprint density at radius 1 is 1.03 bits per heavy atom. The van der Waals surface area contributed by atoms with Crippen LogP contribution in [0.1, 0.15) is 11.1 Å². The topological polar surface area (TPSA) is 57.2 Å². The second kappa shape index (κ2) is 11.1. The lowest BCUT2D eigenvalue weighted by atomic mass is 10.2. The molecule has 0 radical (unpaired) electrons. The molecule has 0 spiro atoms. The molecule has 1 N–H and O–H groups in total. The van der Waals surface area contributed by atoms with Crippen molar-refractivity contribution in [1.29, 1.82) is 0 Å². The first kappa shape index (κ1) is 20.8. The minimum absolute atomic E-state index is 0.0940. The minimum atomic E-state index is -0.0940. The van der Waals surface area contributed by atoms with Gasteiger partial charge in [0.05, 0.1) is 13.7 Å². The van der Waals surface area contributed by atoms with Crippen molar-refractivity contribution in [3.8, 4) is 5.75 Å². The Labute approximate surface area is 172 Å². The summed E-state index contributed by atoms with van der Waals surface area (Å²) in [5, 5.41) is 3.99. The van der Waals surface area contributed by atoms with Gasteiger partial charge in [-0.2, -0.15) is 5.10 Å². The van der Waals surface area contributed by atoms with Crippen LogP contribution in [-0.2, 0) is 11.3 Å². The zero-order valence-electron chi connectivity index (χ0n) is 16.8. The Kier molecular flexibility index (Phi) is 7.98. The first-order chi connectivity index (χ1) is 14.2. The van der Waals surface area contributed by atoms with Crippen LogP contribution in [-0.4, -0.2) is 61.8 Å². The first-order valence-corrected chi connectivity index (χ1v) is 9.85. The standard InChI is InChI=1S/C23H28N4O2/c1-29-22-12-6-5-10-21(22)11-7-13-24-25-23(28)19-27-16-14-26(15-17-27)18-20-8-3-2-4-9-20/h2-13H,14-19H2,1H3,(H,25,28)/b11-7+,24-13?. The number of allylic oxidation sites excluding steroid dienone is 1. The Balaban J connectivity index is 1.36. The van der Waals surface area contributed by atoms with Gasteiger partial charge < -0.3 is 4.74 Å². The molecule has 1 heterocycles. The van der Waals surface area contributed by atoms with E-state index in [4.69, 9.17) is 4.74 Å². The van der Waals surface area contributed by atoms with Crippen molar-refractivity contribution < 1.29 is 9.53 Å². The van der Waals surface area contributed by atoms with Gasteiger partial charge in [0.15, 0.2) is 0 Å². The lowest BCUT2D eigenvalue weighted by molar-refractivity contribution is -0.122. The molecule has 1 aliphatic heterocycles. The Morgan fingerprint density at radius 2 is 1.72 bits per heavy atom. The average molecular weight is 393 g/mol. The van der Waals surface area contributed by atoms with E-state index < -0.39 is 0 Å². The second-order valence-corrected chi connectivity index (χ2v) is 6.95. The van der Waals surface area contributed by atoms with E-state index in [9.17, 15) is 4.79 Å². The molecule has 1 aliphatic rings. The highest BCUT2D eigenvalue weighted by Gasteiger charge is 2.18. The number of para-hydroxylation sites is 1. The smallest absolute Gasteiger partial charge is 0.254 e. The predicted molar refractivity (Wildman–Crippen MR) is 117 cm³/mol. The fraction of sp³-hybridized carbons (Fsp3) is 0.304. The van der Waals surface area contributed by atoms with E-state index in [0.717, 1.165) is 44.0 Å². The predicted octanol–water partition coefficient (Wildman–Crippen LogP) is 2.63. The number of methoxy groups -OCH3 is 1. The molecular weight excluding hydrogens is 364 g/mol. The number of amides is 1. The maximum absolute atomic E-state index is 12.1. The number of carbonyl (C=O) groups excluding carboxylic acids is 1. The molecule has 1 fully saturated rings. The molecule has 0 aliphatic carbocycles. The second-order valence-electron chi connectivity index (χ2n) is 6.95. The number of piperazine rings is 1. The van der Waals surface area contributed by atoms with Gasteiger partial charge in [-0.3, -0.25) is 14.6 Å². The number of hydrazone groups is 1. The van der Waals surface area contributed by atoms with Crippen LogP contribution in [0.2, 0.25) is 0 Å². The maximum atomic E-state index is 12.1. The zero-order valence-corrected chi connectivity index (χ0v) is 16.8. The zero-order chi connectivity index (χ0) is 20.3. The lowest BCUT2D eigenvalue weighted by Gasteiger charge is -2.34. The van der Waals surface area contributed by atoms with Crippen LogP contribution in [0.3, 0.4) is 0 Å². The van der Waals surface area contributed by atoms with Crippen LogP contribution in [0.25, 0.3) is 6.08 Å². The van der Waals surface area contributed by atoms with Gasteiger partial charge in [-0.05, 0) is 23.8 Å². The fourth-order valence-electron chi connectivity index (χ4n) is 3.29. The molecule has 6 nitrogen and oxygen atoms in total. The number of nitrogens with one attached hydrogen (secondary N) is 1. The molecule has 0 unspecified atom stereocenters. The van der Waals surface area contributed by atoms with E-state index in [1.54, 1.807) is 19.4 Å². The van der Waals surface area contributed by atoms with Crippen LogP contribution >= 0.6 is 0 Å². The molecule has 0 aromatic heterocycles. The van der Waals surface area contributed by atoms with Crippen molar-refractivity contribution >= 4 is 18.2 Å². The van der Waals surface area contributed by atoms with Gasteiger partial charge in [0.2, 0.25) is 0 Å². The van der Waals surface area contributed by atoms with Crippen molar-refractivity contribution in [2.75, 3.05) is 39.8 Å². The number of hydrogen-bond donors (Lipinski definition) is 1. The van der Waals surface area contributed by atoms with Crippen molar-refractivity contribution in [2.24, 2.45) is 5.10 Å². The van der Waals surface area contributed by atoms with Gasteiger partial charge >= 0.3 is 0 Å². The fourth-order valence-corrected chi connectivity index (χ4v) is 3.29. The van der Waals surface area contributed by atoms with E-state index in [2.05, 4.69) is 44.6 Å². The summed E-state index contributed by atoms with van der Waals surface area (Å²) in [6.07, 6.45) is 5.24. The van der Waals surface area contributed by atoms with Crippen molar-refractivity contribution in [3.05, 3.63) is 71.8 Å². The highest BCUT2D eigenvalue weighted by atomic mass is 16.5. The summed E-state index contributed by atoms with van der Waals surface area (Å²) >= 11 is 0. The quantitative estimate of drug-likeness (QED) is 0.554. The summed E-state index contributed by atoms with van der Waals surface area (Å²) in [6, 6.07) is 18.2. The minimum Gasteiger partial charge on any atom is -0.496 e. The Bertz CT molecular complexity index is 828. The number of ether oxygens (including phenoxy) is 1. The van der Waals surface area contributed by atoms with E-state index >= 15 is 0 Å². The lowest BCUT2D eigenvalue weighted by Crippen LogP contribution is -2.48.